The van der Waals surface area contributed by atoms with E-state index >= 15 is 0 Å². The smallest absolute Gasteiger partial charge is 0.343 e. The van der Waals surface area contributed by atoms with E-state index in [1.807, 2.05) is 24.3 Å². The maximum absolute atomic E-state index is 13.3. The van der Waals surface area contributed by atoms with Crippen molar-refractivity contribution in [3.8, 4) is 34.5 Å². The van der Waals surface area contributed by atoms with E-state index in [0.29, 0.717) is 57.5 Å². The summed E-state index contributed by atoms with van der Waals surface area (Å²) in [5, 5.41) is 9.93. The van der Waals surface area contributed by atoms with Gasteiger partial charge in [0.1, 0.15) is 40.8 Å². The Hall–Kier alpha value is -6.19. The average molecular weight is 777 g/mol. The summed E-state index contributed by atoms with van der Waals surface area (Å²) in [4.78, 5) is 24.2. The molecule has 2 unspecified atom stereocenters. The zero-order chi connectivity index (χ0) is 39.2. The first kappa shape index (κ1) is 36.4. The Balaban J connectivity index is 0.810. The number of hydrogen-bond acceptors (Lipinski definition) is 8. The van der Waals surface area contributed by atoms with Gasteiger partial charge >= 0.3 is 5.97 Å². The number of carbonyl (C=O) groups excluding carboxylic acids is 2. The molecule has 4 aliphatic rings. The number of benzene rings is 6. The van der Waals surface area contributed by atoms with E-state index in [-0.39, 0.29) is 20.6 Å². The molecule has 1 N–H and O–H groups in total. The number of phenols is 1. The molecule has 10 rings (SSSR count). The van der Waals surface area contributed by atoms with E-state index in [0.717, 1.165) is 12.7 Å². The zero-order valence-electron chi connectivity index (χ0n) is 31.0. The van der Waals surface area contributed by atoms with Crippen LogP contribution in [0, 0.1) is 11.8 Å². The molecule has 4 saturated carbocycles. The van der Waals surface area contributed by atoms with Gasteiger partial charge in [0.2, 0.25) is 9.84 Å². The lowest BCUT2D eigenvalue weighted by molar-refractivity contribution is -0.0281. The predicted octanol–water partition coefficient (Wildman–Crippen LogP) is 10.6. The number of esters is 1. The molecule has 0 saturated heterocycles. The van der Waals surface area contributed by atoms with Gasteiger partial charge in [0.25, 0.3) is 0 Å². The maximum Gasteiger partial charge on any atom is 0.343 e. The Labute approximate surface area is 331 Å². The summed E-state index contributed by atoms with van der Waals surface area (Å²) in [7, 11) is -3.80. The van der Waals surface area contributed by atoms with Crippen molar-refractivity contribution in [2.45, 2.75) is 59.1 Å². The van der Waals surface area contributed by atoms with E-state index in [1.165, 1.54) is 67.5 Å². The van der Waals surface area contributed by atoms with Crippen LogP contribution in [0.5, 0.6) is 34.5 Å². The number of ether oxygens (including phenoxy) is 3. The van der Waals surface area contributed by atoms with Crippen molar-refractivity contribution in [1.29, 1.82) is 0 Å². The fourth-order valence-corrected chi connectivity index (χ4v) is 11.1. The third kappa shape index (κ3) is 7.19. The molecule has 0 amide bonds. The molecular formula is C48H40O8S. The summed E-state index contributed by atoms with van der Waals surface area (Å²) in [5.74, 6) is 3.60. The van der Waals surface area contributed by atoms with Gasteiger partial charge in [-0.3, -0.25) is 4.79 Å². The van der Waals surface area contributed by atoms with Gasteiger partial charge in [-0.2, -0.15) is 0 Å². The Morgan fingerprint density at radius 1 is 0.561 bits per heavy atom. The highest BCUT2D eigenvalue weighted by Gasteiger charge is 2.58. The van der Waals surface area contributed by atoms with Crippen molar-refractivity contribution in [3.05, 3.63) is 168 Å². The fraction of sp³-hybridized carbons (Fsp3) is 0.208. The summed E-state index contributed by atoms with van der Waals surface area (Å²) in [5.41, 5.74) is 3.80. The van der Waals surface area contributed by atoms with Crippen molar-refractivity contribution in [2.24, 2.45) is 11.8 Å². The van der Waals surface area contributed by atoms with Crippen molar-refractivity contribution in [2.75, 3.05) is 0 Å². The molecule has 0 aromatic heterocycles. The first-order valence-corrected chi connectivity index (χ1v) is 20.7. The van der Waals surface area contributed by atoms with Crippen LogP contribution in [0.25, 0.3) is 0 Å². The molecule has 0 aliphatic heterocycles. The number of aldehydes is 1. The Bertz CT molecular complexity index is 2510. The highest BCUT2D eigenvalue weighted by Crippen LogP contribution is 2.66. The van der Waals surface area contributed by atoms with E-state index in [9.17, 15) is 23.1 Å². The molecule has 6 aromatic carbocycles. The predicted molar refractivity (Wildman–Crippen MR) is 214 cm³/mol. The number of phenolic OH excluding ortho intramolecular Hbond substituents is 1. The Morgan fingerprint density at radius 3 is 1.42 bits per heavy atom. The lowest BCUT2D eigenvalue weighted by atomic mass is 9.42. The minimum absolute atomic E-state index is 0.103. The van der Waals surface area contributed by atoms with Crippen LogP contribution in [0.2, 0.25) is 0 Å². The fourth-order valence-electron chi connectivity index (χ4n) is 9.85. The third-order valence-electron chi connectivity index (χ3n) is 12.1. The van der Waals surface area contributed by atoms with Crippen LogP contribution in [-0.4, -0.2) is 25.8 Å². The van der Waals surface area contributed by atoms with Gasteiger partial charge < -0.3 is 19.3 Å². The third-order valence-corrected chi connectivity index (χ3v) is 13.8. The Kier molecular flexibility index (Phi) is 9.20. The molecule has 4 aliphatic carbocycles. The molecule has 4 bridgehead atoms. The minimum Gasteiger partial charge on any atom is -0.508 e. The van der Waals surface area contributed by atoms with Crippen LogP contribution >= 0.6 is 0 Å². The molecule has 6 aromatic rings. The summed E-state index contributed by atoms with van der Waals surface area (Å²) in [6, 6.07) is 41.4. The first-order chi connectivity index (χ1) is 27.6. The second-order valence-corrected chi connectivity index (χ2v) is 17.8. The SMILES string of the molecule is O=Cc1ccc(Oc2ccc(S(=O)(=O)c3ccc(Oc4ccc(C(=O)Oc5ccc(C67CC8CC(CC(c9ccc(O)cc9)(C8)C6)C7)cc5)cc4)cc3)cc2)cc1. The van der Waals surface area contributed by atoms with E-state index in [1.54, 1.807) is 72.8 Å². The van der Waals surface area contributed by atoms with E-state index in [2.05, 4.69) is 24.3 Å². The van der Waals surface area contributed by atoms with Crippen LogP contribution in [0.1, 0.15) is 70.4 Å². The second-order valence-electron chi connectivity index (χ2n) is 15.8. The van der Waals surface area contributed by atoms with Gasteiger partial charge in [0.05, 0.1) is 15.4 Å². The van der Waals surface area contributed by atoms with Gasteiger partial charge in [-0.25, -0.2) is 13.2 Å². The van der Waals surface area contributed by atoms with Crippen molar-refractivity contribution in [3.63, 3.8) is 0 Å². The highest BCUT2D eigenvalue weighted by atomic mass is 32.2. The van der Waals surface area contributed by atoms with Crippen molar-refractivity contribution < 1.29 is 37.3 Å². The van der Waals surface area contributed by atoms with Crippen LogP contribution < -0.4 is 14.2 Å². The van der Waals surface area contributed by atoms with Gasteiger partial charge in [0.15, 0.2) is 0 Å². The normalized spacial score (nSPS) is 22.1. The lowest BCUT2D eigenvalue weighted by Crippen LogP contribution is -2.55. The molecule has 286 valence electrons. The van der Waals surface area contributed by atoms with E-state index in [4.69, 9.17) is 14.2 Å². The molecule has 57 heavy (non-hydrogen) atoms. The largest absolute Gasteiger partial charge is 0.508 e. The lowest BCUT2D eigenvalue weighted by Gasteiger charge is -2.62. The molecule has 8 nitrogen and oxygen atoms in total. The van der Waals surface area contributed by atoms with Gasteiger partial charge in [-0.15, -0.1) is 0 Å². The molecular weight excluding hydrogens is 737 g/mol. The van der Waals surface area contributed by atoms with Crippen LogP contribution in [0.3, 0.4) is 0 Å². The topological polar surface area (TPSA) is 116 Å². The van der Waals surface area contributed by atoms with Crippen molar-refractivity contribution >= 4 is 22.1 Å². The number of rotatable bonds is 11. The minimum atomic E-state index is -3.80. The first-order valence-electron chi connectivity index (χ1n) is 19.2. The maximum atomic E-state index is 13.3. The van der Waals surface area contributed by atoms with Gasteiger partial charge in [-0.05, 0) is 194 Å². The summed E-state index contributed by atoms with van der Waals surface area (Å²) in [6.07, 6.45) is 7.95. The number of aromatic hydroxyl groups is 1. The van der Waals surface area contributed by atoms with Crippen LogP contribution in [0.4, 0.5) is 0 Å². The quantitative estimate of drug-likeness (QED) is 0.0785. The molecule has 9 heteroatoms. The summed E-state index contributed by atoms with van der Waals surface area (Å²) < 4.78 is 44.1. The zero-order valence-corrected chi connectivity index (χ0v) is 31.9. The highest BCUT2D eigenvalue weighted by molar-refractivity contribution is 7.91. The van der Waals surface area contributed by atoms with Crippen LogP contribution in [-0.2, 0) is 20.7 Å². The van der Waals surface area contributed by atoms with E-state index < -0.39 is 15.8 Å². The number of sulfone groups is 1. The number of carbonyl (C=O) groups is 2. The van der Waals surface area contributed by atoms with Gasteiger partial charge in [-0.1, -0.05) is 24.3 Å². The molecule has 0 spiro atoms. The average Bonchev–Trinajstić information content (AvgIpc) is 3.22. The second kappa shape index (κ2) is 14.4. The van der Waals surface area contributed by atoms with Crippen LogP contribution in [0.15, 0.2) is 155 Å². The number of hydrogen-bond donors (Lipinski definition) is 1. The molecule has 2 atom stereocenters. The summed E-state index contributed by atoms with van der Waals surface area (Å²) in [6.45, 7) is 0. The molecule has 4 fully saturated rings. The standard InChI is InChI=1S/C48H40O8S/c49-30-32-1-11-39(12-2-32)54-41-17-21-44(22-18-41)57(52,53)45-23-19-42(20-24-45)55-40-13-3-35(4-14-40)46(51)56-43-15-7-37(8-16-43)48-28-33-25-34(29-48)27-47(26-33,31-48)36-5-9-38(50)10-6-36/h1-24,30,33-34,50H,25-29,31H2. The molecule has 0 radical (unpaired) electrons. The van der Waals surface area contributed by atoms with Gasteiger partial charge in [0, 0.05) is 5.56 Å². The monoisotopic (exact) mass is 776 g/mol. The summed E-state index contributed by atoms with van der Waals surface area (Å²) >= 11 is 0. The Morgan fingerprint density at radius 2 is 0.965 bits per heavy atom. The molecule has 0 heterocycles. The van der Waals surface area contributed by atoms with Crippen molar-refractivity contribution in [1.82, 2.24) is 0 Å².